The van der Waals surface area contributed by atoms with Crippen molar-refractivity contribution in [3.63, 3.8) is 0 Å². The van der Waals surface area contributed by atoms with E-state index in [1.165, 1.54) is 6.33 Å². The van der Waals surface area contributed by atoms with Gasteiger partial charge in [-0.05, 0) is 30.5 Å². The average Bonchev–Trinajstić information content (AvgIpc) is 3.29. The van der Waals surface area contributed by atoms with Crippen LogP contribution in [0.1, 0.15) is 24.6 Å². The van der Waals surface area contributed by atoms with Crippen LogP contribution >= 0.6 is 23.2 Å². The summed E-state index contributed by atoms with van der Waals surface area (Å²) >= 11 is 12.0. The second kappa shape index (κ2) is 7.36. The second-order valence-corrected chi connectivity index (χ2v) is 6.94. The summed E-state index contributed by atoms with van der Waals surface area (Å²) in [5.41, 5.74) is 2.35. The maximum Gasteiger partial charge on any atom is 0.167 e. The van der Waals surface area contributed by atoms with Gasteiger partial charge in [-0.25, -0.2) is 15.0 Å². The third kappa shape index (κ3) is 3.35. The molecule has 7 nitrogen and oxygen atoms in total. The zero-order valence-corrected chi connectivity index (χ0v) is 15.3. The van der Waals surface area contributed by atoms with Crippen LogP contribution in [0.15, 0.2) is 30.9 Å². The second-order valence-electron chi connectivity index (χ2n) is 6.12. The highest BCUT2D eigenvalue weighted by Gasteiger charge is 2.27. The van der Waals surface area contributed by atoms with Crippen LogP contribution in [-0.4, -0.2) is 37.3 Å². The Morgan fingerprint density at radius 1 is 1.19 bits per heavy atom. The van der Waals surface area contributed by atoms with Crippen molar-refractivity contribution in [1.82, 2.24) is 19.5 Å². The molecule has 3 aromatic rings. The van der Waals surface area contributed by atoms with Crippen molar-refractivity contribution in [1.29, 1.82) is 0 Å². The van der Waals surface area contributed by atoms with Crippen molar-refractivity contribution in [2.45, 2.75) is 31.7 Å². The van der Waals surface area contributed by atoms with Crippen molar-refractivity contribution in [3.05, 3.63) is 46.5 Å². The number of benzene rings is 1. The summed E-state index contributed by atoms with van der Waals surface area (Å²) in [5, 5.41) is 13.6. The molecule has 0 radical (unpaired) electrons. The first-order chi connectivity index (χ1) is 12.7. The lowest BCUT2D eigenvalue weighted by Gasteiger charge is -2.14. The van der Waals surface area contributed by atoms with Crippen LogP contribution in [0.2, 0.25) is 10.0 Å². The molecule has 3 heterocycles. The molecule has 0 spiro atoms. The van der Waals surface area contributed by atoms with Gasteiger partial charge in [-0.1, -0.05) is 29.3 Å². The van der Waals surface area contributed by atoms with E-state index in [2.05, 4.69) is 20.3 Å². The van der Waals surface area contributed by atoms with E-state index in [1.807, 2.05) is 16.7 Å². The Hall–Kier alpha value is -1.93. The molecule has 2 aromatic heterocycles. The zero-order valence-electron chi connectivity index (χ0n) is 13.8. The molecule has 1 aromatic carbocycles. The van der Waals surface area contributed by atoms with Gasteiger partial charge in [0.15, 0.2) is 17.0 Å². The molecule has 9 heteroatoms. The predicted octanol–water partition coefficient (Wildman–Crippen LogP) is 3.42. The maximum atomic E-state index is 9.25. The molecule has 2 atom stereocenters. The molecular formula is C17H17Cl2N5O2. The molecule has 26 heavy (non-hydrogen) atoms. The zero-order chi connectivity index (χ0) is 18.1. The number of ether oxygens (including phenoxy) is 1. The van der Waals surface area contributed by atoms with Crippen LogP contribution in [0.5, 0.6) is 0 Å². The normalized spacial score (nSPS) is 20.0. The van der Waals surface area contributed by atoms with E-state index in [4.69, 9.17) is 27.9 Å². The molecule has 1 aliphatic heterocycles. The summed E-state index contributed by atoms with van der Waals surface area (Å²) in [6, 6.07) is 5.48. The van der Waals surface area contributed by atoms with Crippen molar-refractivity contribution in [3.8, 4) is 0 Å². The fourth-order valence-corrected chi connectivity index (χ4v) is 3.37. The summed E-state index contributed by atoms with van der Waals surface area (Å²) in [6.45, 7) is 0.553. The topological polar surface area (TPSA) is 85.1 Å². The van der Waals surface area contributed by atoms with Gasteiger partial charge in [0.25, 0.3) is 0 Å². The van der Waals surface area contributed by atoms with Crippen LogP contribution in [0.4, 0.5) is 5.82 Å². The number of halogens is 2. The highest BCUT2D eigenvalue weighted by Crippen LogP contribution is 2.31. The standard InChI is InChI=1S/C17H17Cl2N5O2/c18-12-3-1-10(5-13(12)19)6-20-16-15-17(22-8-21-16)24(9-23-15)14-4-2-11(7-25)26-14/h1,3,5,8-9,11,14,25H,2,4,6-7H2,(H,20,21,22)/t11-,14-/m0/s1. The van der Waals surface area contributed by atoms with Crippen molar-refractivity contribution in [2.75, 3.05) is 11.9 Å². The van der Waals surface area contributed by atoms with E-state index in [0.717, 1.165) is 18.4 Å². The molecular weight excluding hydrogens is 377 g/mol. The van der Waals surface area contributed by atoms with Gasteiger partial charge < -0.3 is 15.2 Å². The number of hydrogen-bond donors (Lipinski definition) is 2. The Labute approximate surface area is 159 Å². The Balaban J connectivity index is 1.56. The minimum Gasteiger partial charge on any atom is -0.394 e. The summed E-state index contributed by atoms with van der Waals surface area (Å²) in [7, 11) is 0. The van der Waals surface area contributed by atoms with Gasteiger partial charge in [0.1, 0.15) is 12.6 Å². The van der Waals surface area contributed by atoms with Crippen molar-refractivity contribution in [2.24, 2.45) is 0 Å². The van der Waals surface area contributed by atoms with Crippen LogP contribution in [0.25, 0.3) is 11.2 Å². The lowest BCUT2D eigenvalue weighted by atomic mass is 10.2. The number of anilines is 1. The molecule has 0 bridgehead atoms. The summed E-state index contributed by atoms with van der Waals surface area (Å²) < 4.78 is 7.71. The number of aliphatic hydroxyl groups is 1. The molecule has 4 rings (SSSR count). The summed E-state index contributed by atoms with van der Waals surface area (Å²) in [6.07, 6.45) is 4.52. The van der Waals surface area contributed by atoms with Gasteiger partial charge in [0, 0.05) is 6.54 Å². The largest absolute Gasteiger partial charge is 0.394 e. The molecule has 0 aliphatic carbocycles. The first-order valence-corrected chi connectivity index (χ1v) is 9.03. The van der Waals surface area contributed by atoms with Gasteiger partial charge in [-0.3, -0.25) is 4.57 Å². The number of imidazole rings is 1. The van der Waals surface area contributed by atoms with Crippen LogP contribution in [-0.2, 0) is 11.3 Å². The number of fused-ring (bicyclic) bond motifs is 1. The highest BCUT2D eigenvalue weighted by molar-refractivity contribution is 6.42. The number of nitrogens with zero attached hydrogens (tertiary/aromatic N) is 4. The van der Waals surface area contributed by atoms with Gasteiger partial charge in [-0.2, -0.15) is 0 Å². The van der Waals surface area contributed by atoms with E-state index in [1.54, 1.807) is 12.4 Å². The molecule has 1 fully saturated rings. The number of nitrogens with one attached hydrogen (secondary N) is 1. The third-order valence-electron chi connectivity index (χ3n) is 4.40. The van der Waals surface area contributed by atoms with E-state index in [0.29, 0.717) is 33.6 Å². The van der Waals surface area contributed by atoms with Crippen LogP contribution in [0.3, 0.4) is 0 Å². The fraction of sp³-hybridized carbons (Fsp3) is 0.353. The van der Waals surface area contributed by atoms with Crippen LogP contribution < -0.4 is 5.32 Å². The Morgan fingerprint density at radius 3 is 2.85 bits per heavy atom. The van der Waals surface area contributed by atoms with Crippen LogP contribution in [0, 0.1) is 0 Å². The van der Waals surface area contributed by atoms with Crippen molar-refractivity contribution < 1.29 is 9.84 Å². The lowest BCUT2D eigenvalue weighted by Crippen LogP contribution is -2.14. The number of rotatable bonds is 5. The molecule has 0 saturated carbocycles. The average molecular weight is 394 g/mol. The molecule has 0 amide bonds. The number of aliphatic hydroxyl groups excluding tert-OH is 1. The summed E-state index contributed by atoms with van der Waals surface area (Å²) in [4.78, 5) is 13.1. The van der Waals surface area contributed by atoms with Gasteiger partial charge in [-0.15, -0.1) is 0 Å². The Morgan fingerprint density at radius 2 is 2.08 bits per heavy atom. The van der Waals surface area contributed by atoms with Gasteiger partial charge in [0.05, 0.1) is 29.1 Å². The van der Waals surface area contributed by atoms with Crippen molar-refractivity contribution >= 4 is 40.2 Å². The maximum absolute atomic E-state index is 9.25. The van der Waals surface area contributed by atoms with E-state index < -0.39 is 0 Å². The first kappa shape index (κ1) is 17.5. The van der Waals surface area contributed by atoms with E-state index >= 15 is 0 Å². The molecule has 1 aliphatic rings. The highest BCUT2D eigenvalue weighted by atomic mass is 35.5. The van der Waals surface area contributed by atoms with Gasteiger partial charge in [0.2, 0.25) is 0 Å². The quantitative estimate of drug-likeness (QED) is 0.690. The first-order valence-electron chi connectivity index (χ1n) is 8.27. The van der Waals surface area contributed by atoms with Gasteiger partial charge >= 0.3 is 0 Å². The molecule has 136 valence electrons. The van der Waals surface area contributed by atoms with E-state index in [-0.39, 0.29) is 18.9 Å². The minimum atomic E-state index is -0.171. The number of aromatic nitrogens is 4. The monoisotopic (exact) mass is 393 g/mol. The Kier molecular flexibility index (Phi) is 4.95. The molecule has 2 N–H and O–H groups in total. The number of hydrogen-bond acceptors (Lipinski definition) is 6. The lowest BCUT2D eigenvalue weighted by molar-refractivity contribution is -0.0207. The molecule has 1 saturated heterocycles. The minimum absolute atomic E-state index is 0.0224. The SMILES string of the molecule is OC[C@@H]1CC[C@@H](n2cnc3c(NCc4ccc(Cl)c(Cl)c4)ncnc32)O1. The molecule has 0 unspecified atom stereocenters. The summed E-state index contributed by atoms with van der Waals surface area (Å²) in [5.74, 6) is 0.636. The third-order valence-corrected chi connectivity index (χ3v) is 5.14. The predicted molar refractivity (Wildman–Crippen MR) is 99.3 cm³/mol. The smallest absolute Gasteiger partial charge is 0.167 e. The van der Waals surface area contributed by atoms with E-state index in [9.17, 15) is 5.11 Å². The fourth-order valence-electron chi connectivity index (χ4n) is 3.05. The Bertz CT molecular complexity index is 933.